The first kappa shape index (κ1) is 22.2. The second-order valence-electron chi connectivity index (χ2n) is 5.90. The monoisotopic (exact) mass is 398 g/mol. The Bertz CT molecular complexity index is 689. The van der Waals surface area contributed by atoms with Crippen LogP contribution in [-0.4, -0.2) is 45.8 Å². The molecule has 1 rings (SSSR count). The third-order valence-electron chi connectivity index (χ3n) is 3.73. The van der Waals surface area contributed by atoms with Crippen LogP contribution in [0.3, 0.4) is 0 Å². The van der Waals surface area contributed by atoms with Crippen LogP contribution in [0.25, 0.3) is 0 Å². The third-order valence-corrected chi connectivity index (χ3v) is 4.01. The molecule has 1 aromatic rings. The van der Waals surface area contributed by atoms with Crippen molar-refractivity contribution in [2.75, 3.05) is 24.6 Å². The van der Waals surface area contributed by atoms with Gasteiger partial charge in [0.1, 0.15) is 0 Å². The molecule has 0 fully saturated rings. The summed E-state index contributed by atoms with van der Waals surface area (Å²) in [5, 5.41) is 7.50. The zero-order valence-corrected chi connectivity index (χ0v) is 15.9. The molecule has 0 radical (unpaired) electrons. The molecule has 150 valence electrons. The van der Waals surface area contributed by atoms with E-state index in [0.29, 0.717) is 13.0 Å². The molecule has 0 aliphatic rings. The average molecular weight is 399 g/mol. The van der Waals surface area contributed by atoms with Crippen LogP contribution in [-0.2, 0) is 0 Å². The van der Waals surface area contributed by atoms with E-state index in [4.69, 9.17) is 45.7 Å². The van der Waals surface area contributed by atoms with E-state index in [1.807, 2.05) is 0 Å². The summed E-state index contributed by atoms with van der Waals surface area (Å²) in [4.78, 5) is 25.2. The lowest BCUT2D eigenvalue weighted by Crippen LogP contribution is -2.42. The van der Waals surface area contributed by atoms with Crippen molar-refractivity contribution in [3.05, 3.63) is 10.8 Å². The van der Waals surface area contributed by atoms with E-state index in [2.05, 4.69) is 15.0 Å². The van der Waals surface area contributed by atoms with Crippen LogP contribution < -0.4 is 28.7 Å². The summed E-state index contributed by atoms with van der Waals surface area (Å²) in [6, 6.07) is 0. The number of nitrogens with one attached hydrogen (secondary N) is 1. The fourth-order valence-electron chi connectivity index (χ4n) is 2.36. The Morgan fingerprint density at radius 3 is 2.19 bits per heavy atom. The van der Waals surface area contributed by atoms with E-state index in [1.165, 1.54) is 0 Å². The molecule has 1 aromatic heterocycles. The maximum atomic E-state index is 12.6. The predicted octanol–water partition coefficient (Wildman–Crippen LogP) is 0.244. The van der Waals surface area contributed by atoms with E-state index in [-0.39, 0.29) is 35.0 Å². The number of rotatable bonds is 10. The number of amides is 1. The lowest BCUT2D eigenvalue weighted by Gasteiger charge is -2.20. The largest absolute Gasteiger partial charge is 0.382 e. The van der Waals surface area contributed by atoms with E-state index in [1.54, 1.807) is 0 Å². The first-order chi connectivity index (χ1) is 12.7. The maximum Gasteiger partial charge on any atom is 0.283 e. The molecule has 0 spiro atoms. The van der Waals surface area contributed by atoms with Crippen molar-refractivity contribution in [2.24, 2.45) is 22.2 Å². The van der Waals surface area contributed by atoms with E-state index < -0.39 is 11.9 Å². The molecular formula is C15H27ClN10O. The highest BCUT2D eigenvalue weighted by Crippen LogP contribution is 2.19. The van der Waals surface area contributed by atoms with Gasteiger partial charge in [-0.15, -0.1) is 0 Å². The lowest BCUT2D eigenvalue weighted by atomic mass is 10.1. The van der Waals surface area contributed by atoms with Gasteiger partial charge in [0.2, 0.25) is 0 Å². The Morgan fingerprint density at radius 1 is 1.00 bits per heavy atom. The van der Waals surface area contributed by atoms with Crippen molar-refractivity contribution in [3.8, 4) is 0 Å². The molecule has 0 saturated carbocycles. The quantitative estimate of drug-likeness (QED) is 0.182. The van der Waals surface area contributed by atoms with Gasteiger partial charge in [0.25, 0.3) is 5.91 Å². The van der Waals surface area contributed by atoms with E-state index in [0.717, 1.165) is 37.0 Å². The fraction of sp³-hybridized carbons (Fsp3) is 0.533. The SMILES string of the molecule is N=C(N)N(CCCCCCCCN=C(N)N)C(=O)c1nc(Cl)c(N)nc1N. The Hall–Kier alpha value is -2.82. The summed E-state index contributed by atoms with van der Waals surface area (Å²) in [6.07, 6.45) is 5.50. The zero-order valence-electron chi connectivity index (χ0n) is 15.1. The number of hydrogen-bond donors (Lipinski definition) is 6. The number of carbonyl (C=O) groups excluding carboxylic acids is 1. The lowest BCUT2D eigenvalue weighted by molar-refractivity contribution is 0.0838. The third kappa shape index (κ3) is 7.52. The van der Waals surface area contributed by atoms with Crippen LogP contribution in [0.1, 0.15) is 49.0 Å². The number of aromatic nitrogens is 2. The Morgan fingerprint density at radius 2 is 1.59 bits per heavy atom. The molecular weight excluding hydrogens is 372 g/mol. The van der Waals surface area contributed by atoms with Crippen LogP contribution in [0.4, 0.5) is 11.6 Å². The standard InChI is InChI=1S/C15H27ClN10O/c16-10-12(18)25-11(17)9(24-10)13(27)26(15(21)22)8-6-4-2-1-3-5-7-23-14(19)20/h1-8H2,(H3,21,22)(H4,17,18,25)(H4,19,20,23). The summed E-state index contributed by atoms with van der Waals surface area (Å²) < 4.78 is 0. The van der Waals surface area contributed by atoms with Gasteiger partial charge in [-0.2, -0.15) is 0 Å². The molecule has 0 bridgehead atoms. The molecule has 1 heterocycles. The van der Waals surface area contributed by atoms with Gasteiger partial charge in [-0.25, -0.2) is 9.97 Å². The van der Waals surface area contributed by atoms with Crippen LogP contribution >= 0.6 is 11.6 Å². The second-order valence-corrected chi connectivity index (χ2v) is 6.26. The minimum atomic E-state index is -0.633. The van der Waals surface area contributed by atoms with Gasteiger partial charge in [-0.05, 0) is 12.8 Å². The smallest absolute Gasteiger partial charge is 0.283 e. The molecule has 12 heteroatoms. The molecule has 1 amide bonds. The average Bonchev–Trinajstić information content (AvgIpc) is 2.58. The first-order valence-corrected chi connectivity index (χ1v) is 8.91. The van der Waals surface area contributed by atoms with Crippen LogP contribution in [0.15, 0.2) is 4.99 Å². The number of carbonyl (C=O) groups is 1. The minimum Gasteiger partial charge on any atom is -0.382 e. The predicted molar refractivity (Wildman–Crippen MR) is 107 cm³/mol. The number of aliphatic imine (C=N–C) groups is 1. The summed E-state index contributed by atoms with van der Waals surface area (Å²) in [5.74, 6) is -1.15. The van der Waals surface area contributed by atoms with Crippen molar-refractivity contribution in [1.82, 2.24) is 14.9 Å². The number of nitrogens with two attached hydrogens (primary N) is 5. The summed E-state index contributed by atoms with van der Waals surface area (Å²) in [6.45, 7) is 0.896. The number of nitrogen functional groups attached to an aromatic ring is 2. The highest BCUT2D eigenvalue weighted by Gasteiger charge is 2.23. The van der Waals surface area contributed by atoms with E-state index in [9.17, 15) is 4.79 Å². The molecule has 0 saturated heterocycles. The number of guanidine groups is 2. The van der Waals surface area contributed by atoms with E-state index >= 15 is 0 Å². The molecule has 0 unspecified atom stereocenters. The number of halogens is 1. The molecule has 0 aliphatic heterocycles. The molecule has 0 aromatic carbocycles. The minimum absolute atomic E-state index is 0.0695. The maximum absolute atomic E-state index is 12.6. The topological polar surface area (TPSA) is 212 Å². The van der Waals surface area contributed by atoms with Crippen molar-refractivity contribution in [2.45, 2.75) is 38.5 Å². The number of nitrogens with zero attached hydrogens (tertiary/aromatic N) is 4. The molecule has 0 aliphatic carbocycles. The first-order valence-electron chi connectivity index (χ1n) is 8.53. The van der Waals surface area contributed by atoms with Crippen molar-refractivity contribution < 1.29 is 4.79 Å². The Balaban J connectivity index is 2.46. The summed E-state index contributed by atoms with van der Waals surface area (Å²) in [5.41, 5.74) is 27.0. The normalized spacial score (nSPS) is 10.4. The number of anilines is 2. The van der Waals surface area contributed by atoms with Crippen LogP contribution in [0.5, 0.6) is 0 Å². The van der Waals surface area contributed by atoms with Gasteiger partial charge in [0, 0.05) is 13.1 Å². The number of hydrogen-bond acceptors (Lipinski definition) is 7. The van der Waals surface area contributed by atoms with Gasteiger partial charge < -0.3 is 28.7 Å². The van der Waals surface area contributed by atoms with Crippen molar-refractivity contribution in [3.63, 3.8) is 0 Å². The van der Waals surface area contributed by atoms with Crippen molar-refractivity contribution in [1.29, 1.82) is 5.41 Å². The van der Waals surface area contributed by atoms with Gasteiger partial charge in [-0.1, -0.05) is 37.3 Å². The van der Waals surface area contributed by atoms with Gasteiger partial charge in [0.05, 0.1) is 0 Å². The summed E-state index contributed by atoms with van der Waals surface area (Å²) >= 11 is 5.80. The van der Waals surface area contributed by atoms with Crippen LogP contribution in [0.2, 0.25) is 5.15 Å². The summed E-state index contributed by atoms with van der Waals surface area (Å²) in [7, 11) is 0. The molecule has 11 N–H and O–H groups in total. The van der Waals surface area contributed by atoms with Crippen molar-refractivity contribution >= 4 is 41.1 Å². The Kier molecular flexibility index (Phi) is 9.06. The molecule has 0 atom stereocenters. The molecule has 11 nitrogen and oxygen atoms in total. The zero-order chi connectivity index (χ0) is 20.4. The van der Waals surface area contributed by atoms with Gasteiger partial charge in [-0.3, -0.25) is 20.1 Å². The van der Waals surface area contributed by atoms with Crippen LogP contribution in [0, 0.1) is 5.41 Å². The highest BCUT2D eigenvalue weighted by molar-refractivity contribution is 6.31. The number of unbranched alkanes of at least 4 members (excludes halogenated alkanes) is 5. The Labute approximate surface area is 162 Å². The van der Waals surface area contributed by atoms with Gasteiger partial charge >= 0.3 is 0 Å². The molecule has 27 heavy (non-hydrogen) atoms. The highest BCUT2D eigenvalue weighted by atomic mass is 35.5. The fourth-order valence-corrected chi connectivity index (χ4v) is 2.48. The second kappa shape index (κ2) is 11.0. The van der Waals surface area contributed by atoms with Gasteiger partial charge in [0.15, 0.2) is 34.4 Å².